The second-order valence-corrected chi connectivity index (χ2v) is 6.93. The van der Waals surface area contributed by atoms with Crippen molar-refractivity contribution < 1.29 is 29.9 Å². The minimum Gasteiger partial charge on any atom is -0.497 e. The molecule has 5 atom stereocenters. The van der Waals surface area contributed by atoms with E-state index in [0.717, 1.165) is 5.56 Å². The van der Waals surface area contributed by atoms with Gasteiger partial charge in [0.25, 0.3) is 0 Å². The van der Waals surface area contributed by atoms with Crippen LogP contribution in [0, 0.1) is 0 Å². The first-order valence-corrected chi connectivity index (χ1v) is 9.38. The van der Waals surface area contributed by atoms with Gasteiger partial charge < -0.3 is 35.2 Å². The maximum absolute atomic E-state index is 10.3. The van der Waals surface area contributed by atoms with Crippen molar-refractivity contribution in [3.63, 3.8) is 0 Å². The predicted molar refractivity (Wildman–Crippen MR) is 105 cm³/mol. The Kier molecular flexibility index (Phi) is 5.79. The van der Waals surface area contributed by atoms with Crippen molar-refractivity contribution in [2.45, 2.75) is 30.6 Å². The minimum absolute atomic E-state index is 0.187. The standard InChI is InChI=1S/C19H23N5O6/c1-29-11-4-2-10(3-5-11)12(6-25)23-17-14-18(21-8-20-17)24(9-22-14)19-16(28)15(27)13(7-26)30-19/h2-5,8-9,12-13,15-16,19,25-28H,6-7H2,1H3,(H,20,21,23)/t12-,13?,15?,16?,19?/m1/s1. The van der Waals surface area contributed by atoms with Crippen molar-refractivity contribution in [3.05, 3.63) is 42.5 Å². The Bertz CT molecular complexity index is 997. The number of nitrogens with zero attached hydrogens (tertiary/aromatic N) is 4. The topological polar surface area (TPSA) is 155 Å². The molecule has 0 aliphatic carbocycles. The number of aliphatic hydroxyl groups excluding tert-OH is 4. The minimum atomic E-state index is -1.25. The molecule has 5 N–H and O–H groups in total. The molecule has 1 aliphatic heterocycles. The van der Waals surface area contributed by atoms with Crippen molar-refractivity contribution in [2.75, 3.05) is 25.6 Å². The molecule has 0 amide bonds. The van der Waals surface area contributed by atoms with Crippen LogP contribution in [0.25, 0.3) is 11.2 Å². The van der Waals surface area contributed by atoms with Gasteiger partial charge in [-0.05, 0) is 17.7 Å². The summed E-state index contributed by atoms with van der Waals surface area (Å²) < 4.78 is 12.2. The van der Waals surface area contributed by atoms with Gasteiger partial charge in [0.2, 0.25) is 0 Å². The van der Waals surface area contributed by atoms with Crippen LogP contribution in [0.4, 0.5) is 5.82 Å². The van der Waals surface area contributed by atoms with Crippen LogP contribution in [0.1, 0.15) is 17.8 Å². The zero-order valence-electron chi connectivity index (χ0n) is 16.2. The highest BCUT2D eigenvalue weighted by molar-refractivity contribution is 5.83. The number of fused-ring (bicyclic) bond motifs is 1. The Morgan fingerprint density at radius 2 is 1.90 bits per heavy atom. The van der Waals surface area contributed by atoms with Crippen molar-refractivity contribution >= 4 is 17.0 Å². The van der Waals surface area contributed by atoms with E-state index in [2.05, 4.69) is 20.3 Å². The van der Waals surface area contributed by atoms with E-state index < -0.39 is 37.2 Å². The Morgan fingerprint density at radius 1 is 1.13 bits per heavy atom. The van der Waals surface area contributed by atoms with Crippen LogP contribution in [0.3, 0.4) is 0 Å². The van der Waals surface area contributed by atoms with Gasteiger partial charge in [-0.1, -0.05) is 12.1 Å². The normalized spacial score (nSPS) is 24.8. The van der Waals surface area contributed by atoms with Crippen LogP contribution in [0.2, 0.25) is 0 Å². The number of aromatic nitrogens is 4. The lowest BCUT2D eigenvalue weighted by Crippen LogP contribution is -2.33. The van der Waals surface area contributed by atoms with E-state index in [0.29, 0.717) is 22.7 Å². The van der Waals surface area contributed by atoms with Crippen molar-refractivity contribution in [1.82, 2.24) is 19.5 Å². The molecule has 1 aromatic carbocycles. The Hall–Kier alpha value is -2.83. The highest BCUT2D eigenvalue weighted by Gasteiger charge is 2.44. The van der Waals surface area contributed by atoms with Gasteiger partial charge in [-0.25, -0.2) is 15.0 Å². The van der Waals surface area contributed by atoms with E-state index in [9.17, 15) is 20.4 Å². The number of imidazole rings is 1. The van der Waals surface area contributed by atoms with E-state index in [1.807, 2.05) is 12.1 Å². The quantitative estimate of drug-likeness (QED) is 0.343. The van der Waals surface area contributed by atoms with E-state index >= 15 is 0 Å². The lowest BCUT2D eigenvalue weighted by Gasteiger charge is -2.18. The summed E-state index contributed by atoms with van der Waals surface area (Å²) in [4.78, 5) is 12.8. The fourth-order valence-electron chi connectivity index (χ4n) is 3.49. The zero-order valence-corrected chi connectivity index (χ0v) is 16.2. The maximum Gasteiger partial charge on any atom is 0.167 e. The number of aliphatic hydroxyl groups is 4. The van der Waals surface area contributed by atoms with E-state index in [1.54, 1.807) is 19.2 Å². The van der Waals surface area contributed by atoms with Gasteiger partial charge in [0.05, 0.1) is 32.7 Å². The lowest BCUT2D eigenvalue weighted by molar-refractivity contribution is -0.0511. The third-order valence-electron chi connectivity index (χ3n) is 5.16. The molecule has 0 saturated carbocycles. The number of hydrogen-bond acceptors (Lipinski definition) is 10. The van der Waals surface area contributed by atoms with Gasteiger partial charge in [-0.15, -0.1) is 0 Å². The highest BCUT2D eigenvalue weighted by atomic mass is 16.6. The average molecular weight is 417 g/mol. The number of methoxy groups -OCH3 is 1. The van der Waals surface area contributed by atoms with Gasteiger partial charge in [-0.3, -0.25) is 4.57 Å². The van der Waals surface area contributed by atoms with Crippen molar-refractivity contribution in [2.24, 2.45) is 0 Å². The fourth-order valence-corrected chi connectivity index (χ4v) is 3.49. The molecular weight excluding hydrogens is 394 g/mol. The molecular formula is C19H23N5O6. The number of anilines is 1. The van der Waals surface area contributed by atoms with Gasteiger partial charge in [0, 0.05) is 0 Å². The monoisotopic (exact) mass is 417 g/mol. The number of rotatable bonds is 7. The van der Waals surface area contributed by atoms with E-state index in [4.69, 9.17) is 9.47 Å². The van der Waals surface area contributed by atoms with Crippen LogP contribution < -0.4 is 10.1 Å². The van der Waals surface area contributed by atoms with E-state index in [1.165, 1.54) is 17.2 Å². The third-order valence-corrected chi connectivity index (χ3v) is 5.16. The maximum atomic E-state index is 10.3. The molecule has 30 heavy (non-hydrogen) atoms. The average Bonchev–Trinajstić information content (AvgIpc) is 3.33. The summed E-state index contributed by atoms with van der Waals surface area (Å²) in [6.07, 6.45) is -1.60. The summed E-state index contributed by atoms with van der Waals surface area (Å²) in [5.41, 5.74) is 1.60. The smallest absolute Gasteiger partial charge is 0.167 e. The number of hydrogen-bond donors (Lipinski definition) is 5. The summed E-state index contributed by atoms with van der Waals surface area (Å²) in [5, 5.41) is 42.6. The summed E-state index contributed by atoms with van der Waals surface area (Å²) in [6.45, 7) is -0.615. The molecule has 11 nitrogen and oxygen atoms in total. The molecule has 0 bridgehead atoms. The first-order valence-electron chi connectivity index (χ1n) is 9.38. The molecule has 11 heteroatoms. The summed E-state index contributed by atoms with van der Waals surface area (Å²) >= 11 is 0. The second-order valence-electron chi connectivity index (χ2n) is 6.93. The molecule has 1 saturated heterocycles. The van der Waals surface area contributed by atoms with Crippen LogP contribution in [-0.4, -0.2) is 78.6 Å². The first kappa shape index (κ1) is 20.4. The van der Waals surface area contributed by atoms with Crippen molar-refractivity contribution in [1.29, 1.82) is 0 Å². The lowest BCUT2D eigenvalue weighted by atomic mass is 10.1. The molecule has 2 aromatic heterocycles. The summed E-state index contributed by atoms with van der Waals surface area (Å²) in [7, 11) is 1.58. The first-order chi connectivity index (χ1) is 14.6. The van der Waals surface area contributed by atoms with Crippen LogP contribution in [0.5, 0.6) is 5.75 Å². The largest absolute Gasteiger partial charge is 0.497 e. The molecule has 0 spiro atoms. The molecule has 4 unspecified atom stereocenters. The van der Waals surface area contributed by atoms with Gasteiger partial charge >= 0.3 is 0 Å². The molecule has 1 aliphatic rings. The summed E-state index contributed by atoms with van der Waals surface area (Å²) in [6, 6.07) is 6.82. The molecule has 4 rings (SSSR count). The number of ether oxygens (including phenoxy) is 2. The fraction of sp³-hybridized carbons (Fsp3) is 0.421. The van der Waals surface area contributed by atoms with Crippen LogP contribution in [-0.2, 0) is 4.74 Å². The number of nitrogens with one attached hydrogen (secondary N) is 1. The Morgan fingerprint density at radius 3 is 2.53 bits per heavy atom. The van der Waals surface area contributed by atoms with Gasteiger partial charge in [0.1, 0.15) is 30.4 Å². The molecule has 160 valence electrons. The van der Waals surface area contributed by atoms with Gasteiger partial charge in [-0.2, -0.15) is 0 Å². The second kappa shape index (κ2) is 8.50. The Labute approximate surface area is 171 Å². The van der Waals surface area contributed by atoms with Crippen molar-refractivity contribution in [3.8, 4) is 5.75 Å². The third kappa shape index (κ3) is 3.57. The SMILES string of the molecule is COc1ccc([C@@H](CO)Nc2ncnc3c2ncn3C2OC(CO)C(O)C2O)cc1. The van der Waals surface area contributed by atoms with Crippen LogP contribution >= 0.6 is 0 Å². The zero-order chi connectivity index (χ0) is 21.3. The Balaban J connectivity index is 1.63. The van der Waals surface area contributed by atoms with Gasteiger partial charge in [0.15, 0.2) is 23.2 Å². The number of benzene rings is 1. The van der Waals surface area contributed by atoms with E-state index in [-0.39, 0.29) is 6.61 Å². The highest BCUT2D eigenvalue weighted by Crippen LogP contribution is 2.32. The summed E-state index contributed by atoms with van der Waals surface area (Å²) in [5.74, 6) is 1.09. The molecule has 3 aromatic rings. The molecule has 1 fully saturated rings. The predicted octanol–water partition coefficient (Wildman–Crippen LogP) is -0.408. The molecule has 3 heterocycles. The van der Waals surface area contributed by atoms with Crippen LogP contribution in [0.15, 0.2) is 36.9 Å². The molecule has 0 radical (unpaired) electrons.